The van der Waals surface area contributed by atoms with Crippen LogP contribution in [0.2, 0.25) is 0 Å². The maximum Gasteiger partial charge on any atom is 0.115 e. The Labute approximate surface area is 82.0 Å². The minimum Gasteiger partial charge on any atom is -0.248 e. The SMILES string of the molecule is CC(C)(C)c1cccnc1SCl. The minimum absolute atomic E-state index is 0.117. The highest BCUT2D eigenvalue weighted by molar-refractivity contribution is 8.21. The normalized spacial score (nSPS) is 11.7. The Morgan fingerprint density at radius 1 is 1.42 bits per heavy atom. The van der Waals surface area contributed by atoms with Crippen molar-refractivity contribution in [1.82, 2.24) is 4.98 Å². The lowest BCUT2D eigenvalue weighted by molar-refractivity contribution is 0.571. The third kappa shape index (κ3) is 2.14. The Hall–Kier alpha value is -0.210. The van der Waals surface area contributed by atoms with E-state index in [1.54, 1.807) is 6.20 Å². The lowest BCUT2D eigenvalue weighted by Crippen LogP contribution is -2.12. The van der Waals surface area contributed by atoms with Gasteiger partial charge in [0.05, 0.1) is 0 Å². The van der Waals surface area contributed by atoms with E-state index >= 15 is 0 Å². The molecule has 0 aromatic carbocycles. The van der Waals surface area contributed by atoms with E-state index in [1.165, 1.54) is 16.5 Å². The summed E-state index contributed by atoms with van der Waals surface area (Å²) in [6, 6.07) is 4.01. The molecule has 12 heavy (non-hydrogen) atoms. The van der Waals surface area contributed by atoms with E-state index in [0.717, 1.165) is 5.03 Å². The largest absolute Gasteiger partial charge is 0.248 e. The van der Waals surface area contributed by atoms with Gasteiger partial charge in [0.2, 0.25) is 0 Å². The molecule has 1 rings (SSSR count). The Kier molecular flexibility index (Phi) is 3.02. The van der Waals surface area contributed by atoms with Crippen molar-refractivity contribution in [3.63, 3.8) is 0 Å². The second-order valence-electron chi connectivity index (χ2n) is 3.68. The molecule has 3 heteroatoms. The van der Waals surface area contributed by atoms with Crippen LogP contribution in [0.1, 0.15) is 26.3 Å². The van der Waals surface area contributed by atoms with E-state index in [1.807, 2.05) is 6.07 Å². The molecular weight excluding hydrogens is 190 g/mol. The van der Waals surface area contributed by atoms with Gasteiger partial charge in [0.15, 0.2) is 0 Å². The van der Waals surface area contributed by atoms with Crippen LogP contribution in [-0.2, 0) is 5.41 Å². The second kappa shape index (κ2) is 3.67. The lowest BCUT2D eigenvalue weighted by Gasteiger charge is -2.20. The second-order valence-corrected chi connectivity index (χ2v) is 4.69. The van der Waals surface area contributed by atoms with Crippen LogP contribution in [0.4, 0.5) is 0 Å². The molecule has 0 atom stereocenters. The summed E-state index contributed by atoms with van der Waals surface area (Å²) in [6.45, 7) is 6.46. The first kappa shape index (κ1) is 9.87. The Morgan fingerprint density at radius 2 is 2.08 bits per heavy atom. The molecule has 0 unspecified atom stereocenters. The van der Waals surface area contributed by atoms with E-state index < -0.39 is 0 Å². The maximum absolute atomic E-state index is 5.69. The van der Waals surface area contributed by atoms with Crippen LogP contribution in [0.5, 0.6) is 0 Å². The van der Waals surface area contributed by atoms with Gasteiger partial charge in [0, 0.05) is 17.2 Å². The van der Waals surface area contributed by atoms with Gasteiger partial charge in [-0.2, -0.15) is 0 Å². The number of nitrogens with zero attached hydrogens (tertiary/aromatic N) is 1. The molecule has 1 aromatic heterocycles. The van der Waals surface area contributed by atoms with Gasteiger partial charge in [-0.15, -0.1) is 0 Å². The van der Waals surface area contributed by atoms with E-state index in [9.17, 15) is 0 Å². The van der Waals surface area contributed by atoms with Gasteiger partial charge in [-0.1, -0.05) is 26.8 Å². The van der Waals surface area contributed by atoms with Gasteiger partial charge >= 0.3 is 0 Å². The molecule has 1 heterocycles. The fourth-order valence-electron chi connectivity index (χ4n) is 1.02. The van der Waals surface area contributed by atoms with E-state index in [2.05, 4.69) is 31.8 Å². The molecule has 0 aliphatic heterocycles. The Morgan fingerprint density at radius 3 is 2.50 bits per heavy atom. The van der Waals surface area contributed by atoms with Crippen LogP contribution < -0.4 is 0 Å². The van der Waals surface area contributed by atoms with Crippen molar-refractivity contribution in [3.8, 4) is 0 Å². The fourth-order valence-corrected chi connectivity index (χ4v) is 1.95. The van der Waals surface area contributed by atoms with Gasteiger partial charge in [-0.25, -0.2) is 4.98 Å². The first-order valence-corrected chi connectivity index (χ1v) is 5.44. The predicted molar refractivity (Wildman–Crippen MR) is 54.6 cm³/mol. The van der Waals surface area contributed by atoms with Gasteiger partial charge < -0.3 is 0 Å². The number of hydrogen-bond acceptors (Lipinski definition) is 2. The summed E-state index contributed by atoms with van der Waals surface area (Å²) in [6.07, 6.45) is 1.76. The molecule has 0 spiro atoms. The minimum atomic E-state index is 0.117. The van der Waals surface area contributed by atoms with Crippen LogP contribution in [0.3, 0.4) is 0 Å². The summed E-state index contributed by atoms with van der Waals surface area (Å²) in [5.74, 6) is 0. The average Bonchev–Trinajstić information content (AvgIpc) is 2.03. The quantitative estimate of drug-likeness (QED) is 0.689. The Balaban J connectivity index is 3.14. The molecule has 0 aliphatic carbocycles. The van der Waals surface area contributed by atoms with Crippen LogP contribution in [0, 0.1) is 0 Å². The van der Waals surface area contributed by atoms with E-state index in [4.69, 9.17) is 10.7 Å². The van der Waals surface area contributed by atoms with Gasteiger partial charge in [0.25, 0.3) is 0 Å². The van der Waals surface area contributed by atoms with E-state index in [0.29, 0.717) is 0 Å². The number of pyridine rings is 1. The van der Waals surface area contributed by atoms with Gasteiger partial charge in [0.1, 0.15) is 5.03 Å². The Bertz CT molecular complexity index is 267. The predicted octanol–water partition coefficient (Wildman–Crippen LogP) is 3.63. The van der Waals surface area contributed by atoms with Crippen molar-refractivity contribution >= 4 is 21.7 Å². The third-order valence-corrected chi connectivity index (χ3v) is 2.56. The first-order chi connectivity index (χ1) is 5.55. The molecule has 0 radical (unpaired) electrons. The highest BCUT2D eigenvalue weighted by Crippen LogP contribution is 2.31. The third-order valence-electron chi connectivity index (χ3n) is 1.65. The lowest BCUT2D eigenvalue weighted by atomic mass is 9.88. The van der Waals surface area contributed by atoms with Gasteiger partial charge in [-0.3, -0.25) is 0 Å². The van der Waals surface area contributed by atoms with Crippen LogP contribution in [0.25, 0.3) is 0 Å². The average molecular weight is 202 g/mol. The molecule has 1 aromatic rings. The first-order valence-electron chi connectivity index (χ1n) is 3.80. The summed E-state index contributed by atoms with van der Waals surface area (Å²) in [4.78, 5) is 4.19. The summed E-state index contributed by atoms with van der Waals surface area (Å²) in [7, 11) is 6.88. The zero-order valence-corrected chi connectivity index (χ0v) is 9.04. The maximum atomic E-state index is 5.69. The van der Waals surface area contributed by atoms with Crippen LogP contribution in [0.15, 0.2) is 23.4 Å². The molecule has 0 aliphatic rings. The van der Waals surface area contributed by atoms with Crippen LogP contribution in [-0.4, -0.2) is 4.98 Å². The molecule has 0 saturated carbocycles. The van der Waals surface area contributed by atoms with Gasteiger partial charge in [-0.05, 0) is 27.7 Å². The van der Waals surface area contributed by atoms with Crippen molar-refractivity contribution in [2.45, 2.75) is 31.2 Å². The van der Waals surface area contributed by atoms with Crippen molar-refractivity contribution in [2.75, 3.05) is 0 Å². The summed E-state index contributed by atoms with van der Waals surface area (Å²) < 4.78 is 0. The molecule has 1 nitrogen and oxygen atoms in total. The zero-order valence-electron chi connectivity index (χ0n) is 7.47. The number of aromatic nitrogens is 1. The number of hydrogen-bond donors (Lipinski definition) is 0. The summed E-state index contributed by atoms with van der Waals surface area (Å²) >= 11 is 0. The topological polar surface area (TPSA) is 12.9 Å². The number of halogens is 1. The molecule has 66 valence electrons. The van der Waals surface area contributed by atoms with Crippen LogP contribution >= 0.6 is 21.7 Å². The fraction of sp³-hybridized carbons (Fsp3) is 0.444. The van der Waals surface area contributed by atoms with E-state index in [-0.39, 0.29) is 5.41 Å². The summed E-state index contributed by atoms with van der Waals surface area (Å²) in [5, 5.41) is 0.909. The van der Waals surface area contributed by atoms with Crippen molar-refractivity contribution in [3.05, 3.63) is 23.9 Å². The standard InChI is InChI=1S/C9H12ClNS/c1-9(2,3)7-5-4-6-11-8(7)12-10/h4-6H,1-3H3. The molecule has 0 bridgehead atoms. The van der Waals surface area contributed by atoms with Crippen molar-refractivity contribution in [1.29, 1.82) is 0 Å². The van der Waals surface area contributed by atoms with Crippen molar-refractivity contribution < 1.29 is 0 Å². The smallest absolute Gasteiger partial charge is 0.115 e. The molecular formula is C9H12ClNS. The molecule has 0 fully saturated rings. The monoisotopic (exact) mass is 201 g/mol. The molecule has 0 amide bonds. The number of rotatable bonds is 1. The highest BCUT2D eigenvalue weighted by Gasteiger charge is 2.17. The zero-order chi connectivity index (χ0) is 9.19. The summed E-state index contributed by atoms with van der Waals surface area (Å²) in [5.41, 5.74) is 1.32. The molecule has 0 saturated heterocycles. The molecule has 0 N–H and O–H groups in total. The highest BCUT2D eigenvalue weighted by atomic mass is 35.7. The van der Waals surface area contributed by atoms with Crippen molar-refractivity contribution in [2.24, 2.45) is 0 Å².